The number of ether oxygens (including phenoxy) is 2. The summed E-state index contributed by atoms with van der Waals surface area (Å²) in [7, 11) is 0. The summed E-state index contributed by atoms with van der Waals surface area (Å²) in [5.74, 6) is 0.0103. The Morgan fingerprint density at radius 3 is 2.30 bits per heavy atom. The van der Waals surface area contributed by atoms with Crippen molar-refractivity contribution in [2.24, 2.45) is 0 Å². The largest absolute Gasteiger partial charge is 0.486 e. The molecule has 0 saturated heterocycles. The maximum absolute atomic E-state index is 11.8. The number of aliphatic hydroxyl groups is 1. The molecule has 0 saturated carbocycles. The molecule has 0 aliphatic rings. The van der Waals surface area contributed by atoms with Crippen molar-refractivity contribution in [2.45, 2.75) is 32.5 Å². The van der Waals surface area contributed by atoms with E-state index < -0.39 is 11.6 Å². The topological polar surface area (TPSA) is 55.8 Å². The maximum atomic E-state index is 11.8. The van der Waals surface area contributed by atoms with E-state index in [0.29, 0.717) is 11.3 Å². The number of esters is 1. The molecule has 0 aromatic heterocycles. The SMILES string of the molecule is CCOC(=O)C(C)(O)c1ccc(OC(C)c2ccccc2)cc1. The molecule has 0 spiro atoms. The number of hydrogen-bond acceptors (Lipinski definition) is 4. The predicted molar refractivity (Wildman–Crippen MR) is 88.1 cm³/mol. The molecule has 2 aromatic carbocycles. The molecule has 0 heterocycles. The number of rotatable bonds is 6. The van der Waals surface area contributed by atoms with E-state index in [0.717, 1.165) is 5.56 Å². The number of carbonyl (C=O) groups is 1. The Labute approximate surface area is 136 Å². The molecule has 0 aliphatic carbocycles. The van der Waals surface area contributed by atoms with Crippen molar-refractivity contribution in [3.8, 4) is 5.75 Å². The number of carbonyl (C=O) groups excluding carboxylic acids is 1. The Kier molecular flexibility index (Phi) is 5.40. The minimum absolute atomic E-state index is 0.0902. The van der Waals surface area contributed by atoms with Crippen molar-refractivity contribution < 1.29 is 19.4 Å². The van der Waals surface area contributed by atoms with Crippen molar-refractivity contribution in [3.05, 3.63) is 65.7 Å². The lowest BCUT2D eigenvalue weighted by atomic mass is 9.96. The van der Waals surface area contributed by atoms with Crippen LogP contribution in [0.1, 0.15) is 38.0 Å². The van der Waals surface area contributed by atoms with Gasteiger partial charge in [0, 0.05) is 0 Å². The first-order valence-electron chi connectivity index (χ1n) is 7.67. The van der Waals surface area contributed by atoms with Gasteiger partial charge in [0.15, 0.2) is 5.60 Å². The molecule has 2 rings (SSSR count). The van der Waals surface area contributed by atoms with Crippen LogP contribution in [0, 0.1) is 0 Å². The highest BCUT2D eigenvalue weighted by molar-refractivity contribution is 5.80. The summed E-state index contributed by atoms with van der Waals surface area (Å²) in [4.78, 5) is 11.8. The molecule has 0 bridgehead atoms. The van der Waals surface area contributed by atoms with Gasteiger partial charge in [-0.25, -0.2) is 4.79 Å². The normalized spacial score (nSPS) is 14.6. The molecule has 2 atom stereocenters. The fourth-order valence-corrected chi connectivity index (χ4v) is 2.24. The van der Waals surface area contributed by atoms with Gasteiger partial charge in [0.2, 0.25) is 0 Å². The Hall–Kier alpha value is -2.33. The van der Waals surface area contributed by atoms with Crippen LogP contribution in [0.2, 0.25) is 0 Å². The zero-order valence-electron chi connectivity index (χ0n) is 13.7. The minimum Gasteiger partial charge on any atom is -0.486 e. The van der Waals surface area contributed by atoms with Crippen LogP contribution < -0.4 is 4.74 Å². The second-order valence-corrected chi connectivity index (χ2v) is 5.49. The molecule has 0 aliphatic heterocycles. The van der Waals surface area contributed by atoms with E-state index in [-0.39, 0.29) is 12.7 Å². The van der Waals surface area contributed by atoms with Crippen LogP contribution in [0.5, 0.6) is 5.75 Å². The smallest absolute Gasteiger partial charge is 0.342 e. The molecule has 4 nitrogen and oxygen atoms in total. The van der Waals surface area contributed by atoms with E-state index in [9.17, 15) is 9.90 Å². The minimum atomic E-state index is -1.67. The molecule has 0 fully saturated rings. The van der Waals surface area contributed by atoms with Crippen LogP contribution in [0.3, 0.4) is 0 Å². The van der Waals surface area contributed by atoms with Gasteiger partial charge in [-0.15, -0.1) is 0 Å². The lowest BCUT2D eigenvalue weighted by Crippen LogP contribution is -2.34. The highest BCUT2D eigenvalue weighted by atomic mass is 16.5. The van der Waals surface area contributed by atoms with E-state index in [1.807, 2.05) is 37.3 Å². The van der Waals surface area contributed by atoms with Gasteiger partial charge in [0.1, 0.15) is 11.9 Å². The molecular formula is C19H22O4. The standard InChI is InChI=1S/C19H22O4/c1-4-22-18(20)19(3,21)16-10-12-17(13-11-16)23-14(2)15-8-6-5-7-9-15/h5-14,21H,4H2,1-3H3. The first kappa shape index (κ1) is 17.0. The number of hydrogen-bond donors (Lipinski definition) is 1. The summed E-state index contributed by atoms with van der Waals surface area (Å²) in [6.07, 6.45) is -0.0902. The summed E-state index contributed by atoms with van der Waals surface area (Å²) in [6.45, 7) is 5.33. The predicted octanol–water partition coefficient (Wildman–Crippen LogP) is 3.60. The van der Waals surface area contributed by atoms with Crippen LogP contribution in [0.4, 0.5) is 0 Å². The summed E-state index contributed by atoms with van der Waals surface area (Å²) >= 11 is 0. The average molecular weight is 314 g/mol. The first-order valence-corrected chi connectivity index (χ1v) is 7.67. The third-order valence-corrected chi connectivity index (χ3v) is 3.67. The molecule has 1 N–H and O–H groups in total. The van der Waals surface area contributed by atoms with Crippen molar-refractivity contribution in [1.82, 2.24) is 0 Å². The van der Waals surface area contributed by atoms with Crippen molar-refractivity contribution >= 4 is 5.97 Å². The summed E-state index contributed by atoms with van der Waals surface area (Å²) in [5, 5.41) is 10.3. The van der Waals surface area contributed by atoms with Crippen molar-refractivity contribution in [2.75, 3.05) is 6.61 Å². The van der Waals surface area contributed by atoms with Crippen LogP contribution in [0.25, 0.3) is 0 Å². The van der Waals surface area contributed by atoms with Crippen LogP contribution in [0.15, 0.2) is 54.6 Å². The van der Waals surface area contributed by atoms with Crippen LogP contribution in [-0.4, -0.2) is 17.7 Å². The third kappa shape index (κ3) is 4.11. The quantitative estimate of drug-likeness (QED) is 0.828. The average Bonchev–Trinajstić information content (AvgIpc) is 2.56. The van der Waals surface area contributed by atoms with Crippen molar-refractivity contribution in [3.63, 3.8) is 0 Å². The summed E-state index contributed by atoms with van der Waals surface area (Å²) in [5.41, 5.74) is -0.120. The van der Waals surface area contributed by atoms with E-state index in [1.54, 1.807) is 31.2 Å². The Bertz CT molecular complexity index is 632. The first-order chi connectivity index (χ1) is 10.9. The lowest BCUT2D eigenvalue weighted by Gasteiger charge is -2.22. The Balaban J connectivity index is 2.09. The molecule has 0 radical (unpaired) electrons. The molecule has 122 valence electrons. The number of benzene rings is 2. The molecule has 23 heavy (non-hydrogen) atoms. The zero-order chi connectivity index (χ0) is 16.9. The molecular weight excluding hydrogens is 292 g/mol. The Morgan fingerprint density at radius 2 is 1.74 bits per heavy atom. The lowest BCUT2D eigenvalue weighted by molar-refractivity contribution is -0.164. The fourth-order valence-electron chi connectivity index (χ4n) is 2.24. The van der Waals surface area contributed by atoms with Gasteiger partial charge in [-0.3, -0.25) is 0 Å². The van der Waals surface area contributed by atoms with Gasteiger partial charge in [-0.05, 0) is 44.0 Å². The fraction of sp³-hybridized carbons (Fsp3) is 0.316. The second-order valence-electron chi connectivity index (χ2n) is 5.49. The highest BCUT2D eigenvalue weighted by Crippen LogP contribution is 2.27. The van der Waals surface area contributed by atoms with Gasteiger partial charge >= 0.3 is 5.97 Å². The summed E-state index contributed by atoms with van der Waals surface area (Å²) < 4.78 is 10.8. The monoisotopic (exact) mass is 314 g/mol. The zero-order valence-corrected chi connectivity index (χ0v) is 13.7. The Morgan fingerprint density at radius 1 is 1.13 bits per heavy atom. The third-order valence-electron chi connectivity index (χ3n) is 3.67. The highest BCUT2D eigenvalue weighted by Gasteiger charge is 2.34. The molecule has 0 amide bonds. The van der Waals surface area contributed by atoms with Crippen LogP contribution >= 0.6 is 0 Å². The van der Waals surface area contributed by atoms with Gasteiger partial charge in [-0.2, -0.15) is 0 Å². The second kappa shape index (κ2) is 7.29. The molecule has 4 heteroatoms. The van der Waals surface area contributed by atoms with Gasteiger partial charge < -0.3 is 14.6 Å². The van der Waals surface area contributed by atoms with Gasteiger partial charge in [0.25, 0.3) is 0 Å². The summed E-state index contributed by atoms with van der Waals surface area (Å²) in [6, 6.07) is 16.7. The molecule has 2 aromatic rings. The molecule has 2 unspecified atom stereocenters. The van der Waals surface area contributed by atoms with Crippen LogP contribution in [-0.2, 0) is 15.1 Å². The maximum Gasteiger partial charge on any atom is 0.342 e. The van der Waals surface area contributed by atoms with Gasteiger partial charge in [-0.1, -0.05) is 42.5 Å². The van der Waals surface area contributed by atoms with E-state index in [4.69, 9.17) is 9.47 Å². The van der Waals surface area contributed by atoms with E-state index in [2.05, 4.69) is 0 Å². The van der Waals surface area contributed by atoms with Crippen molar-refractivity contribution in [1.29, 1.82) is 0 Å². The van der Waals surface area contributed by atoms with E-state index in [1.165, 1.54) is 6.92 Å². The van der Waals surface area contributed by atoms with E-state index >= 15 is 0 Å². The van der Waals surface area contributed by atoms with Gasteiger partial charge in [0.05, 0.1) is 6.61 Å².